The van der Waals surface area contributed by atoms with Crippen molar-refractivity contribution in [1.82, 2.24) is 5.32 Å². The first-order chi connectivity index (χ1) is 9.47. The van der Waals surface area contributed by atoms with Crippen LogP contribution in [-0.2, 0) is 6.54 Å². The zero-order chi connectivity index (χ0) is 14.7. The summed E-state index contributed by atoms with van der Waals surface area (Å²) in [7, 11) is 0. The number of hydrogen-bond donors (Lipinski definition) is 2. The van der Waals surface area contributed by atoms with E-state index >= 15 is 0 Å². The van der Waals surface area contributed by atoms with E-state index in [1.54, 1.807) is 18.2 Å². The molecule has 0 bridgehead atoms. The molecule has 0 saturated heterocycles. The maximum Gasteiger partial charge on any atom is 0.253 e. The van der Waals surface area contributed by atoms with Crippen LogP contribution in [0.3, 0.4) is 0 Å². The van der Waals surface area contributed by atoms with Gasteiger partial charge in [-0.05, 0) is 24.3 Å². The molecule has 2 rings (SSSR count). The van der Waals surface area contributed by atoms with Gasteiger partial charge in [-0.1, -0.05) is 22.0 Å². The van der Waals surface area contributed by atoms with Crippen LogP contribution >= 0.6 is 15.9 Å². The van der Waals surface area contributed by atoms with Crippen molar-refractivity contribution >= 4 is 27.5 Å². The minimum atomic E-state index is -0.701. The summed E-state index contributed by atoms with van der Waals surface area (Å²) in [6, 6.07) is 8.08. The summed E-state index contributed by atoms with van der Waals surface area (Å²) in [5, 5.41) is 2.54. The number of nitrogens with one attached hydrogen (secondary N) is 1. The van der Waals surface area contributed by atoms with Crippen LogP contribution in [-0.4, -0.2) is 5.91 Å². The van der Waals surface area contributed by atoms with E-state index in [1.807, 2.05) is 0 Å². The first-order valence-corrected chi connectivity index (χ1v) is 6.54. The third kappa shape index (κ3) is 3.33. The van der Waals surface area contributed by atoms with Gasteiger partial charge in [0.15, 0.2) is 0 Å². The Morgan fingerprint density at radius 1 is 1.20 bits per heavy atom. The normalized spacial score (nSPS) is 10.3. The summed E-state index contributed by atoms with van der Waals surface area (Å²) >= 11 is 3.24. The topological polar surface area (TPSA) is 55.1 Å². The summed E-state index contributed by atoms with van der Waals surface area (Å²) in [6.07, 6.45) is 0. The molecular weight excluding hydrogens is 330 g/mol. The molecular formula is C14H11BrF2N2O. The van der Waals surface area contributed by atoms with E-state index in [2.05, 4.69) is 21.2 Å². The van der Waals surface area contributed by atoms with Crippen LogP contribution in [0, 0.1) is 11.6 Å². The van der Waals surface area contributed by atoms with Crippen molar-refractivity contribution < 1.29 is 13.6 Å². The Bertz CT molecular complexity index is 662. The molecule has 0 spiro atoms. The Morgan fingerprint density at radius 2 is 1.95 bits per heavy atom. The Hall–Kier alpha value is -1.95. The number of benzene rings is 2. The molecule has 1 amide bonds. The van der Waals surface area contributed by atoms with E-state index in [4.69, 9.17) is 5.73 Å². The molecule has 0 saturated carbocycles. The zero-order valence-electron chi connectivity index (χ0n) is 10.3. The molecule has 0 aliphatic carbocycles. The van der Waals surface area contributed by atoms with Gasteiger partial charge < -0.3 is 11.1 Å². The van der Waals surface area contributed by atoms with Crippen LogP contribution < -0.4 is 11.1 Å². The predicted molar refractivity (Wildman–Crippen MR) is 76.1 cm³/mol. The molecule has 2 aromatic rings. The zero-order valence-corrected chi connectivity index (χ0v) is 11.9. The van der Waals surface area contributed by atoms with Crippen molar-refractivity contribution in [3.05, 3.63) is 63.6 Å². The molecule has 0 atom stereocenters. The van der Waals surface area contributed by atoms with E-state index in [0.29, 0.717) is 15.7 Å². The van der Waals surface area contributed by atoms with Gasteiger partial charge in [0, 0.05) is 28.3 Å². The Labute approximate surface area is 122 Å². The summed E-state index contributed by atoms with van der Waals surface area (Å²) in [5.41, 5.74) is 6.52. The first-order valence-electron chi connectivity index (χ1n) is 5.74. The maximum atomic E-state index is 13.4. The Kier molecular flexibility index (Phi) is 4.34. The lowest BCUT2D eigenvalue weighted by Gasteiger charge is -2.09. The van der Waals surface area contributed by atoms with Crippen molar-refractivity contribution in [3.8, 4) is 0 Å². The highest BCUT2D eigenvalue weighted by atomic mass is 79.9. The van der Waals surface area contributed by atoms with Gasteiger partial charge in [-0.2, -0.15) is 0 Å². The van der Waals surface area contributed by atoms with Crippen LogP contribution in [0.5, 0.6) is 0 Å². The molecule has 0 aliphatic rings. The van der Waals surface area contributed by atoms with Crippen molar-refractivity contribution in [1.29, 1.82) is 0 Å². The number of rotatable bonds is 3. The lowest BCUT2D eigenvalue weighted by Crippen LogP contribution is -2.24. The van der Waals surface area contributed by atoms with Crippen LogP contribution in [0.25, 0.3) is 0 Å². The predicted octanol–water partition coefficient (Wildman–Crippen LogP) is 3.24. The second-order valence-electron chi connectivity index (χ2n) is 4.15. The number of amides is 1. The third-order valence-corrected chi connectivity index (χ3v) is 3.21. The molecule has 6 heteroatoms. The van der Waals surface area contributed by atoms with Gasteiger partial charge >= 0.3 is 0 Å². The fourth-order valence-corrected chi connectivity index (χ4v) is 2.02. The average Bonchev–Trinajstić information content (AvgIpc) is 2.40. The van der Waals surface area contributed by atoms with E-state index in [9.17, 15) is 13.6 Å². The lowest BCUT2D eigenvalue weighted by molar-refractivity contribution is 0.0951. The summed E-state index contributed by atoms with van der Waals surface area (Å²) < 4.78 is 26.9. The van der Waals surface area contributed by atoms with Crippen molar-refractivity contribution in [2.24, 2.45) is 0 Å². The maximum absolute atomic E-state index is 13.4. The summed E-state index contributed by atoms with van der Waals surface area (Å²) in [6.45, 7) is -0.0447. The van der Waals surface area contributed by atoms with Crippen LogP contribution in [0.2, 0.25) is 0 Å². The largest absolute Gasteiger partial charge is 0.398 e. The fraction of sp³-hybridized carbons (Fsp3) is 0.0714. The summed E-state index contributed by atoms with van der Waals surface area (Å²) in [5.74, 6) is -1.78. The molecule has 0 heterocycles. The second-order valence-corrected chi connectivity index (χ2v) is 5.07. The smallest absolute Gasteiger partial charge is 0.253 e. The fourth-order valence-electron chi connectivity index (χ4n) is 1.66. The number of nitrogens with two attached hydrogens (primary N) is 1. The molecule has 3 nitrogen and oxygen atoms in total. The van der Waals surface area contributed by atoms with E-state index in [-0.39, 0.29) is 12.1 Å². The number of anilines is 1. The summed E-state index contributed by atoms with van der Waals surface area (Å²) in [4.78, 5) is 12.0. The molecule has 0 aromatic heterocycles. The number of hydrogen-bond acceptors (Lipinski definition) is 2. The standard InChI is InChI=1S/C14H11BrF2N2O/c15-9-2-4-13(18)11(5-9)14(20)19-7-8-1-3-10(16)6-12(8)17/h1-6H,7,18H2,(H,19,20). The highest BCUT2D eigenvalue weighted by Gasteiger charge is 2.11. The molecule has 3 N–H and O–H groups in total. The lowest BCUT2D eigenvalue weighted by atomic mass is 10.1. The number of nitrogen functional groups attached to an aromatic ring is 1. The molecule has 0 unspecified atom stereocenters. The third-order valence-electron chi connectivity index (χ3n) is 2.71. The van der Waals surface area contributed by atoms with Gasteiger partial charge in [0.1, 0.15) is 11.6 Å². The molecule has 0 fully saturated rings. The molecule has 2 aromatic carbocycles. The average molecular weight is 341 g/mol. The minimum absolute atomic E-state index is 0.0447. The van der Waals surface area contributed by atoms with Gasteiger partial charge in [0.25, 0.3) is 5.91 Å². The van der Waals surface area contributed by atoms with Crippen LogP contribution in [0.1, 0.15) is 15.9 Å². The quantitative estimate of drug-likeness (QED) is 0.842. The van der Waals surface area contributed by atoms with Gasteiger partial charge in [-0.3, -0.25) is 4.79 Å². The van der Waals surface area contributed by atoms with Gasteiger partial charge in [-0.15, -0.1) is 0 Å². The van der Waals surface area contributed by atoms with Crippen molar-refractivity contribution in [2.45, 2.75) is 6.54 Å². The SMILES string of the molecule is Nc1ccc(Br)cc1C(=O)NCc1ccc(F)cc1F. The highest BCUT2D eigenvalue weighted by Crippen LogP contribution is 2.18. The molecule has 20 heavy (non-hydrogen) atoms. The van der Waals surface area contributed by atoms with Gasteiger partial charge in [-0.25, -0.2) is 8.78 Å². The second kappa shape index (κ2) is 6.00. The monoisotopic (exact) mass is 340 g/mol. The first kappa shape index (κ1) is 14.5. The van der Waals surface area contributed by atoms with Gasteiger partial charge in [0.2, 0.25) is 0 Å². The van der Waals surface area contributed by atoms with Gasteiger partial charge in [0.05, 0.1) is 5.56 Å². The number of halogens is 3. The van der Waals surface area contributed by atoms with E-state index in [0.717, 1.165) is 12.1 Å². The number of carbonyl (C=O) groups is 1. The van der Waals surface area contributed by atoms with E-state index in [1.165, 1.54) is 6.07 Å². The molecule has 0 aliphatic heterocycles. The van der Waals surface area contributed by atoms with Crippen molar-refractivity contribution in [2.75, 3.05) is 5.73 Å². The Morgan fingerprint density at radius 3 is 2.65 bits per heavy atom. The minimum Gasteiger partial charge on any atom is -0.398 e. The Balaban J connectivity index is 2.10. The molecule has 0 radical (unpaired) electrons. The van der Waals surface area contributed by atoms with E-state index < -0.39 is 17.5 Å². The molecule has 104 valence electrons. The van der Waals surface area contributed by atoms with Crippen molar-refractivity contribution in [3.63, 3.8) is 0 Å². The van der Waals surface area contributed by atoms with Crippen LogP contribution in [0.4, 0.5) is 14.5 Å². The number of carbonyl (C=O) groups excluding carboxylic acids is 1. The van der Waals surface area contributed by atoms with Crippen LogP contribution in [0.15, 0.2) is 40.9 Å². The highest BCUT2D eigenvalue weighted by molar-refractivity contribution is 9.10.